The number of benzene rings is 1. The highest BCUT2D eigenvalue weighted by Gasteiger charge is 2.25. The number of hydrogen-bond acceptors (Lipinski definition) is 1. The van der Waals surface area contributed by atoms with Gasteiger partial charge in [-0.25, -0.2) is 0 Å². The molecule has 0 unspecified atom stereocenters. The summed E-state index contributed by atoms with van der Waals surface area (Å²) in [5, 5.41) is 0.771. The van der Waals surface area contributed by atoms with Crippen LogP contribution in [0.5, 0.6) is 0 Å². The van der Waals surface area contributed by atoms with Gasteiger partial charge in [0.25, 0.3) is 0 Å². The highest BCUT2D eigenvalue weighted by Crippen LogP contribution is 2.35. The zero-order valence-electron chi connectivity index (χ0n) is 9.26. The first-order chi connectivity index (χ1) is 6.34. The van der Waals surface area contributed by atoms with Crippen LogP contribution >= 0.6 is 11.6 Å². The Morgan fingerprint density at radius 2 is 1.86 bits per heavy atom. The summed E-state index contributed by atoms with van der Waals surface area (Å²) in [4.78, 5) is 0. The molecule has 0 aliphatic rings. The molecule has 0 bridgehead atoms. The molecule has 0 fully saturated rings. The van der Waals surface area contributed by atoms with Crippen molar-refractivity contribution in [1.82, 2.24) is 0 Å². The lowest BCUT2D eigenvalue weighted by atomic mass is 9.81. The minimum Gasteiger partial charge on any atom is -0.323 e. The van der Waals surface area contributed by atoms with E-state index in [2.05, 4.69) is 20.8 Å². The van der Waals surface area contributed by atoms with Gasteiger partial charge in [0.1, 0.15) is 0 Å². The molecule has 1 aromatic rings. The largest absolute Gasteiger partial charge is 0.323 e. The number of hydrogen-bond donors (Lipinski definition) is 1. The lowest BCUT2D eigenvalue weighted by molar-refractivity contribution is 0.326. The highest BCUT2D eigenvalue weighted by atomic mass is 35.5. The second-order valence-corrected chi connectivity index (χ2v) is 5.22. The van der Waals surface area contributed by atoms with Crippen LogP contribution in [0.1, 0.15) is 37.9 Å². The monoisotopic (exact) mass is 211 g/mol. The SMILES string of the molecule is Cc1cccc(Cl)c1[C@@H](N)C(C)(C)C. The Balaban J connectivity index is 3.19. The van der Waals surface area contributed by atoms with Gasteiger partial charge in [-0.2, -0.15) is 0 Å². The van der Waals surface area contributed by atoms with E-state index in [-0.39, 0.29) is 11.5 Å². The average Bonchev–Trinajstić information content (AvgIpc) is 2.01. The fourth-order valence-electron chi connectivity index (χ4n) is 1.47. The summed E-state index contributed by atoms with van der Waals surface area (Å²) < 4.78 is 0. The molecule has 0 spiro atoms. The summed E-state index contributed by atoms with van der Waals surface area (Å²) in [5.41, 5.74) is 8.46. The molecular weight excluding hydrogens is 194 g/mol. The fraction of sp³-hybridized carbons (Fsp3) is 0.500. The van der Waals surface area contributed by atoms with Gasteiger partial charge < -0.3 is 5.73 Å². The van der Waals surface area contributed by atoms with E-state index in [9.17, 15) is 0 Å². The Morgan fingerprint density at radius 3 is 2.29 bits per heavy atom. The van der Waals surface area contributed by atoms with E-state index in [1.54, 1.807) is 0 Å². The van der Waals surface area contributed by atoms with Crippen LogP contribution in [0.15, 0.2) is 18.2 Å². The molecule has 0 aliphatic heterocycles. The summed E-state index contributed by atoms with van der Waals surface area (Å²) in [6, 6.07) is 5.88. The molecule has 1 rings (SSSR count). The highest BCUT2D eigenvalue weighted by molar-refractivity contribution is 6.31. The molecule has 1 nitrogen and oxygen atoms in total. The van der Waals surface area contributed by atoms with Crippen LogP contribution in [0.4, 0.5) is 0 Å². The standard InChI is InChI=1S/C12H18ClN/c1-8-6-5-7-9(13)10(8)11(14)12(2,3)4/h5-7,11H,14H2,1-4H3/t11-/m1/s1. The molecule has 2 heteroatoms. The molecule has 0 heterocycles. The van der Waals surface area contributed by atoms with Gasteiger partial charge in [0.2, 0.25) is 0 Å². The predicted molar refractivity (Wildman–Crippen MR) is 62.6 cm³/mol. The van der Waals surface area contributed by atoms with Gasteiger partial charge >= 0.3 is 0 Å². The van der Waals surface area contributed by atoms with Crippen LogP contribution in [0.2, 0.25) is 5.02 Å². The third kappa shape index (κ3) is 2.28. The first kappa shape index (κ1) is 11.5. The molecule has 0 saturated carbocycles. The third-order valence-corrected chi connectivity index (χ3v) is 2.84. The van der Waals surface area contributed by atoms with Crippen LogP contribution in [-0.2, 0) is 0 Å². The smallest absolute Gasteiger partial charge is 0.0456 e. The average molecular weight is 212 g/mol. The van der Waals surface area contributed by atoms with E-state index in [0.29, 0.717) is 0 Å². The maximum Gasteiger partial charge on any atom is 0.0456 e. The van der Waals surface area contributed by atoms with E-state index in [1.807, 2.05) is 25.1 Å². The number of rotatable bonds is 1. The first-order valence-electron chi connectivity index (χ1n) is 4.84. The number of aryl methyl sites for hydroxylation is 1. The van der Waals surface area contributed by atoms with Gasteiger partial charge in [-0.15, -0.1) is 0 Å². The molecule has 78 valence electrons. The first-order valence-corrected chi connectivity index (χ1v) is 5.22. The van der Waals surface area contributed by atoms with Crippen molar-refractivity contribution in [3.05, 3.63) is 34.3 Å². The van der Waals surface area contributed by atoms with E-state index < -0.39 is 0 Å². The van der Waals surface area contributed by atoms with Gasteiger partial charge in [-0.3, -0.25) is 0 Å². The molecule has 2 N–H and O–H groups in total. The van der Waals surface area contributed by atoms with Gasteiger partial charge in [0.15, 0.2) is 0 Å². The third-order valence-electron chi connectivity index (χ3n) is 2.51. The lowest BCUT2D eigenvalue weighted by Crippen LogP contribution is -2.27. The molecule has 0 aromatic heterocycles. The lowest BCUT2D eigenvalue weighted by Gasteiger charge is -2.29. The topological polar surface area (TPSA) is 26.0 Å². The second kappa shape index (κ2) is 3.92. The minimum absolute atomic E-state index is 0.0174. The summed E-state index contributed by atoms with van der Waals surface area (Å²) in [5.74, 6) is 0. The van der Waals surface area contributed by atoms with Crippen LogP contribution in [-0.4, -0.2) is 0 Å². The summed E-state index contributed by atoms with van der Waals surface area (Å²) in [6.45, 7) is 8.42. The van der Waals surface area contributed by atoms with E-state index in [4.69, 9.17) is 17.3 Å². The Bertz CT molecular complexity index is 305. The molecule has 1 atom stereocenters. The van der Waals surface area contributed by atoms with Crippen molar-refractivity contribution in [1.29, 1.82) is 0 Å². The maximum atomic E-state index is 6.19. The molecular formula is C12H18ClN. The molecule has 0 saturated heterocycles. The number of nitrogens with two attached hydrogens (primary N) is 1. The van der Waals surface area contributed by atoms with Crippen molar-refractivity contribution in [3.8, 4) is 0 Å². The van der Waals surface area contributed by atoms with Gasteiger partial charge in [-0.1, -0.05) is 44.5 Å². The van der Waals surface area contributed by atoms with Crippen molar-refractivity contribution < 1.29 is 0 Å². The summed E-state index contributed by atoms with van der Waals surface area (Å²) in [6.07, 6.45) is 0. The van der Waals surface area contributed by atoms with Crippen LogP contribution < -0.4 is 5.73 Å². The van der Waals surface area contributed by atoms with E-state index in [1.165, 1.54) is 5.56 Å². The Labute approximate surface area is 91.3 Å². The quantitative estimate of drug-likeness (QED) is 0.754. The molecule has 0 aliphatic carbocycles. The van der Waals surface area contributed by atoms with Crippen molar-refractivity contribution in [2.45, 2.75) is 33.7 Å². The Morgan fingerprint density at radius 1 is 1.29 bits per heavy atom. The minimum atomic E-state index is -0.0174. The van der Waals surface area contributed by atoms with E-state index >= 15 is 0 Å². The predicted octanol–water partition coefficient (Wildman–Crippen LogP) is 3.69. The Hall–Kier alpha value is -0.530. The zero-order chi connectivity index (χ0) is 10.9. The zero-order valence-corrected chi connectivity index (χ0v) is 10.0. The van der Waals surface area contributed by atoms with Crippen LogP contribution in [0, 0.1) is 12.3 Å². The van der Waals surface area contributed by atoms with Gasteiger partial charge in [0.05, 0.1) is 0 Å². The molecule has 1 aromatic carbocycles. The van der Waals surface area contributed by atoms with Crippen LogP contribution in [0.25, 0.3) is 0 Å². The number of halogens is 1. The van der Waals surface area contributed by atoms with Crippen molar-refractivity contribution in [3.63, 3.8) is 0 Å². The second-order valence-electron chi connectivity index (χ2n) is 4.81. The van der Waals surface area contributed by atoms with Gasteiger partial charge in [-0.05, 0) is 29.5 Å². The van der Waals surface area contributed by atoms with E-state index in [0.717, 1.165) is 10.6 Å². The Kier molecular flexibility index (Phi) is 3.23. The van der Waals surface area contributed by atoms with Crippen molar-refractivity contribution in [2.24, 2.45) is 11.1 Å². The van der Waals surface area contributed by atoms with Crippen LogP contribution in [0.3, 0.4) is 0 Å². The molecule has 14 heavy (non-hydrogen) atoms. The van der Waals surface area contributed by atoms with Gasteiger partial charge in [0, 0.05) is 11.1 Å². The summed E-state index contributed by atoms with van der Waals surface area (Å²) >= 11 is 6.15. The summed E-state index contributed by atoms with van der Waals surface area (Å²) in [7, 11) is 0. The van der Waals surface area contributed by atoms with Crippen molar-refractivity contribution in [2.75, 3.05) is 0 Å². The molecule has 0 amide bonds. The maximum absolute atomic E-state index is 6.19. The fourth-order valence-corrected chi connectivity index (χ4v) is 1.81. The van der Waals surface area contributed by atoms with Crippen molar-refractivity contribution >= 4 is 11.6 Å². The normalized spacial score (nSPS) is 14.1. The molecule has 0 radical (unpaired) electrons.